The first kappa shape index (κ1) is 8.48. The Hall–Kier alpha value is -0.120. The van der Waals surface area contributed by atoms with Crippen LogP contribution in [0.5, 0.6) is 0 Å². The zero-order valence-corrected chi connectivity index (χ0v) is 7.71. The van der Waals surface area contributed by atoms with Gasteiger partial charge in [0.1, 0.15) is 0 Å². The second-order valence-electron chi connectivity index (χ2n) is 4.36. The topological polar surface area (TPSA) is 35.5 Å². The molecule has 2 atom stereocenters. The highest BCUT2D eigenvalue weighted by Gasteiger charge is 2.44. The SMILES string of the molecule is CN1CC[C@]2(CO)CNC[C@@H]2C1. The largest absolute Gasteiger partial charge is 0.396 e. The fourth-order valence-electron chi connectivity index (χ4n) is 2.55. The molecule has 2 N–H and O–H groups in total. The lowest BCUT2D eigenvalue weighted by Crippen LogP contribution is -2.47. The van der Waals surface area contributed by atoms with Gasteiger partial charge in [-0.2, -0.15) is 0 Å². The monoisotopic (exact) mass is 170 g/mol. The van der Waals surface area contributed by atoms with E-state index in [1.165, 1.54) is 0 Å². The van der Waals surface area contributed by atoms with Crippen LogP contribution in [0.2, 0.25) is 0 Å². The number of aliphatic hydroxyl groups excluding tert-OH is 1. The van der Waals surface area contributed by atoms with Crippen LogP contribution in [-0.2, 0) is 0 Å². The van der Waals surface area contributed by atoms with Gasteiger partial charge in [0.05, 0.1) is 6.61 Å². The molecule has 3 nitrogen and oxygen atoms in total. The predicted molar refractivity (Wildman–Crippen MR) is 48.0 cm³/mol. The first-order valence-corrected chi connectivity index (χ1v) is 4.77. The molecule has 0 unspecified atom stereocenters. The molecular formula is C9H18N2O. The van der Waals surface area contributed by atoms with Crippen molar-refractivity contribution in [3.8, 4) is 0 Å². The Balaban J connectivity index is 2.10. The van der Waals surface area contributed by atoms with Gasteiger partial charge < -0.3 is 15.3 Å². The van der Waals surface area contributed by atoms with Gasteiger partial charge in [0.25, 0.3) is 0 Å². The smallest absolute Gasteiger partial charge is 0.0503 e. The standard InChI is InChI=1S/C9H18N2O/c1-11-3-2-9(7-12)6-10-4-8(9)5-11/h8,10,12H,2-7H2,1H3/t8-,9-/m1/s1. The fraction of sp³-hybridized carbons (Fsp3) is 1.00. The Morgan fingerprint density at radius 2 is 2.50 bits per heavy atom. The number of hydrogen-bond acceptors (Lipinski definition) is 3. The number of likely N-dealkylation sites (tertiary alicyclic amines) is 1. The molecule has 0 amide bonds. The summed E-state index contributed by atoms with van der Waals surface area (Å²) in [7, 11) is 2.17. The predicted octanol–water partition coefficient (Wildman–Crippen LogP) is -0.480. The molecule has 2 fully saturated rings. The van der Waals surface area contributed by atoms with E-state index < -0.39 is 0 Å². The number of aliphatic hydroxyl groups is 1. The van der Waals surface area contributed by atoms with Crippen molar-refractivity contribution in [3.63, 3.8) is 0 Å². The van der Waals surface area contributed by atoms with E-state index in [-0.39, 0.29) is 5.41 Å². The fourth-order valence-corrected chi connectivity index (χ4v) is 2.55. The molecule has 2 aliphatic rings. The minimum atomic E-state index is 0.215. The molecule has 0 spiro atoms. The Labute approximate surface area is 73.8 Å². The van der Waals surface area contributed by atoms with Crippen LogP contribution in [0.3, 0.4) is 0 Å². The lowest BCUT2D eigenvalue weighted by atomic mass is 9.73. The third-order valence-corrected chi connectivity index (χ3v) is 3.57. The van der Waals surface area contributed by atoms with Gasteiger partial charge in [-0.25, -0.2) is 0 Å². The highest BCUT2D eigenvalue weighted by atomic mass is 16.3. The Bertz CT molecular complexity index is 174. The molecule has 0 radical (unpaired) electrons. The summed E-state index contributed by atoms with van der Waals surface area (Å²) < 4.78 is 0. The molecular weight excluding hydrogens is 152 g/mol. The quantitative estimate of drug-likeness (QED) is 0.558. The molecule has 3 heteroatoms. The second-order valence-corrected chi connectivity index (χ2v) is 4.36. The number of hydrogen-bond donors (Lipinski definition) is 2. The molecule has 0 saturated carbocycles. The number of nitrogens with one attached hydrogen (secondary N) is 1. The molecule has 0 bridgehead atoms. The summed E-state index contributed by atoms with van der Waals surface area (Å²) >= 11 is 0. The average molecular weight is 170 g/mol. The van der Waals surface area contributed by atoms with Gasteiger partial charge in [0, 0.05) is 18.5 Å². The third kappa shape index (κ3) is 1.16. The van der Waals surface area contributed by atoms with Gasteiger partial charge in [0.15, 0.2) is 0 Å². The van der Waals surface area contributed by atoms with Crippen LogP contribution < -0.4 is 5.32 Å². The number of piperidine rings is 1. The lowest BCUT2D eigenvalue weighted by Gasteiger charge is -2.41. The highest BCUT2D eigenvalue weighted by molar-refractivity contribution is 4.98. The minimum absolute atomic E-state index is 0.215. The maximum Gasteiger partial charge on any atom is 0.0503 e. The molecule has 0 aromatic rings. The number of rotatable bonds is 1. The molecule has 2 rings (SSSR count). The molecule has 0 aromatic heterocycles. The summed E-state index contributed by atoms with van der Waals surface area (Å²) in [6, 6.07) is 0. The summed E-state index contributed by atoms with van der Waals surface area (Å²) in [5.41, 5.74) is 0.215. The molecule has 70 valence electrons. The van der Waals surface area contributed by atoms with Gasteiger partial charge in [-0.3, -0.25) is 0 Å². The van der Waals surface area contributed by atoms with E-state index in [0.29, 0.717) is 12.5 Å². The molecule has 2 aliphatic heterocycles. The zero-order chi connectivity index (χ0) is 8.60. The second kappa shape index (κ2) is 2.98. The number of nitrogens with zero attached hydrogens (tertiary/aromatic N) is 1. The van der Waals surface area contributed by atoms with E-state index in [1.807, 2.05) is 0 Å². The Kier molecular flexibility index (Phi) is 2.10. The van der Waals surface area contributed by atoms with Crippen molar-refractivity contribution in [2.45, 2.75) is 6.42 Å². The summed E-state index contributed by atoms with van der Waals surface area (Å²) in [4.78, 5) is 2.37. The highest BCUT2D eigenvalue weighted by Crippen LogP contribution is 2.38. The van der Waals surface area contributed by atoms with E-state index in [9.17, 15) is 5.11 Å². The summed E-state index contributed by atoms with van der Waals surface area (Å²) in [6.07, 6.45) is 1.15. The van der Waals surface area contributed by atoms with Crippen molar-refractivity contribution in [1.82, 2.24) is 10.2 Å². The van der Waals surface area contributed by atoms with Gasteiger partial charge in [-0.05, 0) is 32.5 Å². The maximum atomic E-state index is 9.38. The minimum Gasteiger partial charge on any atom is -0.396 e. The van der Waals surface area contributed by atoms with Crippen molar-refractivity contribution in [1.29, 1.82) is 0 Å². The van der Waals surface area contributed by atoms with Gasteiger partial charge >= 0.3 is 0 Å². The average Bonchev–Trinajstić information content (AvgIpc) is 2.48. The van der Waals surface area contributed by atoms with E-state index in [4.69, 9.17) is 0 Å². The molecule has 0 aliphatic carbocycles. The van der Waals surface area contributed by atoms with E-state index in [2.05, 4.69) is 17.3 Å². The van der Waals surface area contributed by atoms with Crippen LogP contribution in [0.15, 0.2) is 0 Å². The molecule has 0 aromatic carbocycles. The van der Waals surface area contributed by atoms with Crippen LogP contribution in [0, 0.1) is 11.3 Å². The Morgan fingerprint density at radius 1 is 1.67 bits per heavy atom. The van der Waals surface area contributed by atoms with Crippen molar-refractivity contribution < 1.29 is 5.11 Å². The first-order valence-electron chi connectivity index (χ1n) is 4.77. The van der Waals surface area contributed by atoms with Crippen LogP contribution in [0.25, 0.3) is 0 Å². The summed E-state index contributed by atoms with van der Waals surface area (Å²) in [5.74, 6) is 0.668. The molecule has 2 heterocycles. The van der Waals surface area contributed by atoms with Crippen LogP contribution in [-0.4, -0.2) is 49.8 Å². The van der Waals surface area contributed by atoms with Crippen molar-refractivity contribution >= 4 is 0 Å². The van der Waals surface area contributed by atoms with Crippen LogP contribution in [0.4, 0.5) is 0 Å². The van der Waals surface area contributed by atoms with Crippen molar-refractivity contribution in [2.75, 3.05) is 39.8 Å². The van der Waals surface area contributed by atoms with E-state index in [0.717, 1.165) is 32.6 Å². The van der Waals surface area contributed by atoms with Crippen molar-refractivity contribution in [3.05, 3.63) is 0 Å². The van der Waals surface area contributed by atoms with Crippen molar-refractivity contribution in [2.24, 2.45) is 11.3 Å². The first-order chi connectivity index (χ1) is 5.77. The van der Waals surface area contributed by atoms with E-state index >= 15 is 0 Å². The molecule has 12 heavy (non-hydrogen) atoms. The van der Waals surface area contributed by atoms with Crippen LogP contribution in [0.1, 0.15) is 6.42 Å². The zero-order valence-electron chi connectivity index (χ0n) is 7.71. The van der Waals surface area contributed by atoms with Gasteiger partial charge in [-0.1, -0.05) is 0 Å². The number of fused-ring (bicyclic) bond motifs is 1. The summed E-state index contributed by atoms with van der Waals surface area (Å²) in [5, 5.41) is 12.8. The van der Waals surface area contributed by atoms with Gasteiger partial charge in [-0.15, -0.1) is 0 Å². The Morgan fingerprint density at radius 3 is 3.25 bits per heavy atom. The van der Waals surface area contributed by atoms with Gasteiger partial charge in [0.2, 0.25) is 0 Å². The lowest BCUT2D eigenvalue weighted by molar-refractivity contribution is 0.0301. The summed E-state index contributed by atoms with van der Waals surface area (Å²) in [6.45, 7) is 4.75. The maximum absolute atomic E-state index is 9.38. The third-order valence-electron chi connectivity index (χ3n) is 3.57. The normalized spacial score (nSPS) is 43.0. The molecule has 2 saturated heterocycles. The van der Waals surface area contributed by atoms with E-state index in [1.54, 1.807) is 0 Å². The van der Waals surface area contributed by atoms with Crippen LogP contribution >= 0.6 is 0 Å².